The summed E-state index contributed by atoms with van der Waals surface area (Å²) >= 11 is 0. The predicted molar refractivity (Wildman–Crippen MR) is 97.4 cm³/mol. The minimum Gasteiger partial charge on any atom is -0.508 e. The highest BCUT2D eigenvalue weighted by atomic mass is 16.3. The van der Waals surface area contributed by atoms with Crippen LogP contribution < -0.4 is 5.32 Å². The topological polar surface area (TPSA) is 58.3 Å². The first-order valence-corrected chi connectivity index (χ1v) is 8.81. The van der Waals surface area contributed by atoms with Crippen LogP contribution in [0.5, 0.6) is 5.75 Å². The Labute approximate surface area is 147 Å². The van der Waals surface area contributed by atoms with E-state index < -0.39 is 0 Å². The number of phenols is 1. The van der Waals surface area contributed by atoms with Gasteiger partial charge in [0.2, 0.25) is 0 Å². The fraction of sp³-hybridized carbons (Fsp3) is 0.286. The molecule has 1 heterocycles. The molecule has 1 aliphatic rings. The standard InChI is InChI=1S/C21H22N2O2/c24-19-9-3-15(4-10-19)11-12-22-13-16-1-5-17(6-2-16)20-14-25-21(23-20)18-7-8-18/h1-6,9-10,14,18,22,24H,7-8,11-13H2. The number of rotatable bonds is 7. The highest BCUT2D eigenvalue weighted by Gasteiger charge is 2.28. The molecule has 1 fully saturated rings. The number of aromatic nitrogens is 1. The lowest BCUT2D eigenvalue weighted by atomic mass is 10.1. The van der Waals surface area contributed by atoms with Crippen LogP contribution in [-0.2, 0) is 13.0 Å². The van der Waals surface area contributed by atoms with Gasteiger partial charge in [0.1, 0.15) is 17.7 Å². The van der Waals surface area contributed by atoms with Gasteiger partial charge in [-0.25, -0.2) is 4.98 Å². The lowest BCUT2D eigenvalue weighted by Gasteiger charge is -2.06. The molecule has 0 spiro atoms. The number of nitrogens with zero attached hydrogens (tertiary/aromatic N) is 1. The predicted octanol–water partition coefficient (Wildman–Crippen LogP) is 4.26. The fourth-order valence-corrected chi connectivity index (χ4v) is 2.86. The van der Waals surface area contributed by atoms with Gasteiger partial charge in [-0.15, -0.1) is 0 Å². The van der Waals surface area contributed by atoms with Crippen LogP contribution in [0.4, 0.5) is 0 Å². The van der Waals surface area contributed by atoms with E-state index in [1.807, 2.05) is 12.1 Å². The van der Waals surface area contributed by atoms with Crippen molar-refractivity contribution in [2.75, 3.05) is 6.54 Å². The number of nitrogens with one attached hydrogen (secondary N) is 1. The number of aromatic hydroxyl groups is 1. The molecule has 0 atom stereocenters. The molecular formula is C21H22N2O2. The lowest BCUT2D eigenvalue weighted by molar-refractivity contribution is 0.475. The minimum atomic E-state index is 0.313. The van der Waals surface area contributed by atoms with E-state index in [9.17, 15) is 5.11 Å². The summed E-state index contributed by atoms with van der Waals surface area (Å²) in [6.45, 7) is 1.74. The second-order valence-corrected chi connectivity index (χ2v) is 6.64. The zero-order chi connectivity index (χ0) is 17.1. The molecule has 2 aromatic carbocycles. The maximum absolute atomic E-state index is 9.29. The first-order valence-electron chi connectivity index (χ1n) is 8.81. The normalized spacial score (nSPS) is 13.9. The largest absolute Gasteiger partial charge is 0.508 e. The second kappa shape index (κ2) is 7.11. The zero-order valence-corrected chi connectivity index (χ0v) is 14.1. The van der Waals surface area contributed by atoms with Gasteiger partial charge in [0.25, 0.3) is 0 Å². The van der Waals surface area contributed by atoms with Gasteiger partial charge in [0.15, 0.2) is 5.89 Å². The number of phenolic OH excluding ortho intramolecular Hbond substituents is 1. The Hall–Kier alpha value is -2.59. The molecule has 0 unspecified atom stereocenters. The van der Waals surface area contributed by atoms with Crippen molar-refractivity contribution in [1.29, 1.82) is 0 Å². The van der Waals surface area contributed by atoms with Crippen molar-refractivity contribution in [2.24, 2.45) is 0 Å². The molecule has 25 heavy (non-hydrogen) atoms. The number of benzene rings is 2. The summed E-state index contributed by atoms with van der Waals surface area (Å²) < 4.78 is 5.56. The van der Waals surface area contributed by atoms with Crippen molar-refractivity contribution >= 4 is 0 Å². The van der Waals surface area contributed by atoms with Crippen molar-refractivity contribution < 1.29 is 9.52 Å². The van der Waals surface area contributed by atoms with Gasteiger partial charge in [-0.2, -0.15) is 0 Å². The van der Waals surface area contributed by atoms with E-state index in [0.717, 1.165) is 36.7 Å². The van der Waals surface area contributed by atoms with E-state index in [0.29, 0.717) is 11.7 Å². The van der Waals surface area contributed by atoms with E-state index in [4.69, 9.17) is 4.42 Å². The summed E-state index contributed by atoms with van der Waals surface area (Å²) in [7, 11) is 0. The van der Waals surface area contributed by atoms with E-state index in [1.165, 1.54) is 24.0 Å². The van der Waals surface area contributed by atoms with Crippen molar-refractivity contribution in [2.45, 2.75) is 31.7 Å². The molecule has 0 radical (unpaired) electrons. The fourth-order valence-electron chi connectivity index (χ4n) is 2.86. The number of hydrogen-bond donors (Lipinski definition) is 2. The molecule has 1 saturated carbocycles. The number of hydrogen-bond acceptors (Lipinski definition) is 4. The Morgan fingerprint density at radius 1 is 1.00 bits per heavy atom. The van der Waals surface area contributed by atoms with Crippen LogP contribution >= 0.6 is 0 Å². The van der Waals surface area contributed by atoms with E-state index >= 15 is 0 Å². The average molecular weight is 334 g/mol. The first-order chi connectivity index (χ1) is 12.3. The summed E-state index contributed by atoms with van der Waals surface area (Å²) in [6, 6.07) is 15.8. The quantitative estimate of drug-likeness (QED) is 0.634. The van der Waals surface area contributed by atoms with Crippen LogP contribution in [0.25, 0.3) is 11.3 Å². The van der Waals surface area contributed by atoms with Crippen LogP contribution in [0.15, 0.2) is 59.2 Å². The average Bonchev–Trinajstić information content (AvgIpc) is 3.38. The molecule has 4 rings (SSSR count). The maximum atomic E-state index is 9.29. The van der Waals surface area contributed by atoms with Gasteiger partial charge in [0, 0.05) is 18.0 Å². The van der Waals surface area contributed by atoms with Crippen molar-refractivity contribution in [3.05, 3.63) is 71.8 Å². The molecule has 3 aromatic rings. The Bertz CT molecular complexity index is 818. The van der Waals surface area contributed by atoms with Crippen molar-refractivity contribution in [1.82, 2.24) is 10.3 Å². The van der Waals surface area contributed by atoms with Gasteiger partial charge in [-0.1, -0.05) is 36.4 Å². The van der Waals surface area contributed by atoms with Gasteiger partial charge in [-0.3, -0.25) is 0 Å². The first kappa shape index (κ1) is 15.9. The van der Waals surface area contributed by atoms with Gasteiger partial charge >= 0.3 is 0 Å². The highest BCUT2D eigenvalue weighted by molar-refractivity contribution is 5.58. The van der Waals surface area contributed by atoms with Crippen LogP contribution in [0.2, 0.25) is 0 Å². The summed E-state index contributed by atoms with van der Waals surface area (Å²) in [6.07, 6.45) is 5.11. The summed E-state index contributed by atoms with van der Waals surface area (Å²) in [4.78, 5) is 4.59. The van der Waals surface area contributed by atoms with E-state index in [2.05, 4.69) is 34.6 Å². The Morgan fingerprint density at radius 2 is 1.72 bits per heavy atom. The SMILES string of the molecule is Oc1ccc(CCNCc2ccc(-c3coc(C4CC4)n3)cc2)cc1. The third kappa shape index (κ3) is 4.09. The molecular weight excluding hydrogens is 312 g/mol. The molecule has 1 aliphatic carbocycles. The smallest absolute Gasteiger partial charge is 0.197 e. The zero-order valence-electron chi connectivity index (χ0n) is 14.1. The molecule has 0 aliphatic heterocycles. The molecule has 4 heteroatoms. The molecule has 1 aromatic heterocycles. The molecule has 4 nitrogen and oxygen atoms in total. The van der Waals surface area contributed by atoms with Crippen LogP contribution in [-0.4, -0.2) is 16.6 Å². The van der Waals surface area contributed by atoms with Crippen molar-refractivity contribution in [3.63, 3.8) is 0 Å². The second-order valence-electron chi connectivity index (χ2n) is 6.64. The highest BCUT2D eigenvalue weighted by Crippen LogP contribution is 2.40. The van der Waals surface area contributed by atoms with Crippen LogP contribution in [0.3, 0.4) is 0 Å². The molecule has 128 valence electrons. The van der Waals surface area contributed by atoms with Crippen molar-refractivity contribution in [3.8, 4) is 17.0 Å². The number of oxazole rings is 1. The Balaban J connectivity index is 1.27. The maximum Gasteiger partial charge on any atom is 0.197 e. The molecule has 0 saturated heterocycles. The van der Waals surface area contributed by atoms with Gasteiger partial charge < -0.3 is 14.8 Å². The molecule has 0 amide bonds. The Kier molecular flexibility index (Phi) is 4.53. The lowest BCUT2D eigenvalue weighted by Crippen LogP contribution is -2.16. The van der Waals surface area contributed by atoms with Crippen LogP contribution in [0.1, 0.15) is 35.8 Å². The van der Waals surface area contributed by atoms with Crippen LogP contribution in [0, 0.1) is 0 Å². The third-order valence-electron chi connectivity index (χ3n) is 4.55. The third-order valence-corrected chi connectivity index (χ3v) is 4.55. The van der Waals surface area contributed by atoms with E-state index in [-0.39, 0.29) is 0 Å². The summed E-state index contributed by atoms with van der Waals surface area (Å²) in [5.41, 5.74) is 4.50. The monoisotopic (exact) mass is 334 g/mol. The Morgan fingerprint density at radius 3 is 2.44 bits per heavy atom. The minimum absolute atomic E-state index is 0.313. The summed E-state index contributed by atoms with van der Waals surface area (Å²) in [5, 5.41) is 12.7. The van der Waals surface area contributed by atoms with Gasteiger partial charge in [-0.05, 0) is 49.1 Å². The summed E-state index contributed by atoms with van der Waals surface area (Å²) in [5.74, 6) is 1.74. The van der Waals surface area contributed by atoms with Gasteiger partial charge in [0.05, 0.1) is 0 Å². The van der Waals surface area contributed by atoms with E-state index in [1.54, 1.807) is 18.4 Å². The molecule has 0 bridgehead atoms. The molecule has 2 N–H and O–H groups in total.